The van der Waals surface area contributed by atoms with Crippen LogP contribution in [0.2, 0.25) is 0 Å². The van der Waals surface area contributed by atoms with Gasteiger partial charge in [0.05, 0.1) is 11.9 Å². The van der Waals surface area contributed by atoms with Gasteiger partial charge in [0, 0.05) is 24.3 Å². The number of rotatable bonds is 4. The summed E-state index contributed by atoms with van der Waals surface area (Å²) in [6.45, 7) is 5.89. The van der Waals surface area contributed by atoms with Gasteiger partial charge in [0.15, 0.2) is 0 Å². The van der Waals surface area contributed by atoms with Gasteiger partial charge in [-0.05, 0) is 39.3 Å². The van der Waals surface area contributed by atoms with Gasteiger partial charge in [-0.25, -0.2) is 4.68 Å². The third-order valence-corrected chi connectivity index (χ3v) is 2.91. The Kier molecular flexibility index (Phi) is 3.85. The first-order chi connectivity index (χ1) is 8.97. The molecule has 19 heavy (non-hydrogen) atoms. The Morgan fingerprint density at radius 3 is 2.68 bits per heavy atom. The molecule has 0 aliphatic carbocycles. The highest BCUT2D eigenvalue weighted by Crippen LogP contribution is 2.27. The van der Waals surface area contributed by atoms with E-state index in [1.807, 2.05) is 40.0 Å². The Morgan fingerprint density at radius 1 is 1.37 bits per heavy atom. The number of aryl methyl sites for hydroxylation is 3. The normalized spacial score (nSPS) is 12.5. The van der Waals surface area contributed by atoms with Gasteiger partial charge in [-0.15, -0.1) is 0 Å². The molecule has 2 heterocycles. The molecule has 0 aliphatic heterocycles. The molecule has 102 valence electrons. The fourth-order valence-corrected chi connectivity index (χ4v) is 1.99. The van der Waals surface area contributed by atoms with E-state index in [1.54, 1.807) is 10.9 Å². The summed E-state index contributed by atoms with van der Waals surface area (Å²) < 4.78 is 7.64. The van der Waals surface area contributed by atoms with Gasteiger partial charge in [-0.3, -0.25) is 4.98 Å². The van der Waals surface area contributed by atoms with Gasteiger partial charge in [0.25, 0.3) is 0 Å². The molecule has 0 spiro atoms. The molecule has 1 unspecified atom stereocenters. The maximum atomic E-state index is 5.90. The molecule has 0 radical (unpaired) electrons. The van der Waals surface area contributed by atoms with Crippen molar-refractivity contribution in [3.8, 4) is 11.6 Å². The zero-order chi connectivity index (χ0) is 14.0. The molecular formula is C14H20N4O. The second-order valence-corrected chi connectivity index (χ2v) is 4.91. The lowest BCUT2D eigenvalue weighted by Crippen LogP contribution is -2.18. The van der Waals surface area contributed by atoms with Crippen LogP contribution in [-0.4, -0.2) is 20.8 Å². The average Bonchev–Trinajstić information content (AvgIpc) is 2.58. The summed E-state index contributed by atoms with van der Waals surface area (Å²) in [6, 6.07) is 3.89. The smallest absolute Gasteiger partial charge is 0.221 e. The van der Waals surface area contributed by atoms with Crippen LogP contribution in [0.5, 0.6) is 11.6 Å². The molecule has 2 aromatic heterocycles. The average molecular weight is 260 g/mol. The maximum absolute atomic E-state index is 5.90. The highest BCUT2D eigenvalue weighted by atomic mass is 16.5. The van der Waals surface area contributed by atoms with Crippen molar-refractivity contribution in [1.29, 1.82) is 0 Å². The fraction of sp³-hybridized carbons (Fsp3) is 0.429. The molecule has 0 aliphatic rings. The summed E-state index contributed by atoms with van der Waals surface area (Å²) >= 11 is 0. The SMILES string of the molecule is Cc1ccc(Oc2c(CC(C)N)c(C)nn2C)cn1. The van der Waals surface area contributed by atoms with Crippen LogP contribution in [0.1, 0.15) is 23.9 Å². The quantitative estimate of drug-likeness (QED) is 0.914. The summed E-state index contributed by atoms with van der Waals surface area (Å²) in [5, 5.41) is 4.39. The molecule has 0 fully saturated rings. The summed E-state index contributed by atoms with van der Waals surface area (Å²) in [5.41, 5.74) is 8.85. The van der Waals surface area contributed by atoms with Crippen molar-refractivity contribution in [2.75, 3.05) is 0 Å². The Hall–Kier alpha value is -1.88. The van der Waals surface area contributed by atoms with Gasteiger partial charge >= 0.3 is 0 Å². The van der Waals surface area contributed by atoms with Crippen molar-refractivity contribution in [2.45, 2.75) is 33.2 Å². The number of aromatic nitrogens is 3. The zero-order valence-electron chi connectivity index (χ0n) is 11.8. The summed E-state index contributed by atoms with van der Waals surface area (Å²) in [7, 11) is 1.87. The second kappa shape index (κ2) is 5.40. The lowest BCUT2D eigenvalue weighted by molar-refractivity contribution is 0.422. The van der Waals surface area contributed by atoms with Gasteiger partial charge in [0.1, 0.15) is 5.75 Å². The van der Waals surface area contributed by atoms with E-state index < -0.39 is 0 Å². The predicted molar refractivity (Wildman–Crippen MR) is 74.3 cm³/mol. The van der Waals surface area contributed by atoms with Crippen molar-refractivity contribution in [3.05, 3.63) is 35.3 Å². The molecule has 0 saturated heterocycles. The molecule has 2 rings (SSSR count). The molecule has 1 atom stereocenters. The van der Waals surface area contributed by atoms with E-state index in [4.69, 9.17) is 10.5 Å². The predicted octanol–water partition coefficient (Wildman–Crippen LogP) is 2.11. The van der Waals surface area contributed by atoms with Crippen molar-refractivity contribution in [1.82, 2.24) is 14.8 Å². The minimum absolute atomic E-state index is 0.0707. The van der Waals surface area contributed by atoms with Crippen molar-refractivity contribution >= 4 is 0 Å². The molecule has 2 N–H and O–H groups in total. The molecule has 0 amide bonds. The van der Waals surface area contributed by atoms with Crippen LogP contribution in [0.25, 0.3) is 0 Å². The van der Waals surface area contributed by atoms with Crippen LogP contribution in [0, 0.1) is 13.8 Å². The highest BCUT2D eigenvalue weighted by molar-refractivity contribution is 5.35. The Balaban J connectivity index is 2.31. The fourth-order valence-electron chi connectivity index (χ4n) is 1.99. The van der Waals surface area contributed by atoms with Crippen molar-refractivity contribution in [2.24, 2.45) is 12.8 Å². The first-order valence-electron chi connectivity index (χ1n) is 6.36. The topological polar surface area (TPSA) is 66.0 Å². The third-order valence-electron chi connectivity index (χ3n) is 2.91. The van der Waals surface area contributed by atoms with Crippen LogP contribution < -0.4 is 10.5 Å². The van der Waals surface area contributed by atoms with E-state index in [2.05, 4.69) is 10.1 Å². The molecular weight excluding hydrogens is 240 g/mol. The number of hydrogen-bond acceptors (Lipinski definition) is 4. The monoisotopic (exact) mass is 260 g/mol. The largest absolute Gasteiger partial charge is 0.437 e. The second-order valence-electron chi connectivity index (χ2n) is 4.91. The summed E-state index contributed by atoms with van der Waals surface area (Å²) in [6.07, 6.45) is 2.46. The Labute approximate surface area is 113 Å². The van der Waals surface area contributed by atoms with Gasteiger partial charge < -0.3 is 10.5 Å². The first-order valence-corrected chi connectivity index (χ1v) is 6.36. The molecule has 2 aromatic rings. The zero-order valence-corrected chi connectivity index (χ0v) is 11.8. The standard InChI is InChI=1S/C14H20N4O/c1-9(15)7-13-11(3)17-18(4)14(13)19-12-6-5-10(2)16-8-12/h5-6,8-9H,7,15H2,1-4H3. The number of nitrogens with zero attached hydrogens (tertiary/aromatic N) is 3. The number of hydrogen-bond donors (Lipinski definition) is 1. The van der Waals surface area contributed by atoms with Gasteiger partial charge in [-0.2, -0.15) is 5.10 Å². The molecule has 0 aromatic carbocycles. The highest BCUT2D eigenvalue weighted by Gasteiger charge is 2.16. The third kappa shape index (κ3) is 3.12. The molecule has 0 saturated carbocycles. The van der Waals surface area contributed by atoms with Crippen molar-refractivity contribution < 1.29 is 4.74 Å². The lowest BCUT2D eigenvalue weighted by atomic mass is 10.1. The van der Waals surface area contributed by atoms with Crippen LogP contribution in [0.3, 0.4) is 0 Å². The number of nitrogens with two attached hydrogens (primary N) is 1. The summed E-state index contributed by atoms with van der Waals surface area (Å²) in [5.74, 6) is 1.44. The number of pyridine rings is 1. The molecule has 5 nitrogen and oxygen atoms in total. The van der Waals surface area contributed by atoms with E-state index in [-0.39, 0.29) is 6.04 Å². The summed E-state index contributed by atoms with van der Waals surface area (Å²) in [4.78, 5) is 4.22. The van der Waals surface area contributed by atoms with Gasteiger partial charge in [0.2, 0.25) is 5.88 Å². The van der Waals surface area contributed by atoms with Gasteiger partial charge in [-0.1, -0.05) is 0 Å². The van der Waals surface area contributed by atoms with E-state index in [0.717, 1.165) is 29.3 Å². The lowest BCUT2D eigenvalue weighted by Gasteiger charge is -2.10. The first kappa shape index (κ1) is 13.5. The minimum Gasteiger partial charge on any atom is -0.437 e. The maximum Gasteiger partial charge on any atom is 0.221 e. The van der Waals surface area contributed by atoms with E-state index >= 15 is 0 Å². The number of ether oxygens (including phenoxy) is 1. The minimum atomic E-state index is 0.0707. The van der Waals surface area contributed by atoms with E-state index in [0.29, 0.717) is 5.75 Å². The van der Waals surface area contributed by atoms with E-state index in [9.17, 15) is 0 Å². The van der Waals surface area contributed by atoms with Crippen LogP contribution in [-0.2, 0) is 13.5 Å². The Bertz CT molecular complexity index is 558. The van der Waals surface area contributed by atoms with Crippen LogP contribution in [0.15, 0.2) is 18.3 Å². The van der Waals surface area contributed by atoms with Crippen LogP contribution in [0.4, 0.5) is 0 Å². The Morgan fingerprint density at radius 2 is 2.11 bits per heavy atom. The van der Waals surface area contributed by atoms with Crippen molar-refractivity contribution in [3.63, 3.8) is 0 Å². The van der Waals surface area contributed by atoms with E-state index in [1.165, 1.54) is 0 Å². The molecule has 0 bridgehead atoms. The van der Waals surface area contributed by atoms with Crippen LogP contribution >= 0.6 is 0 Å². The molecule has 5 heteroatoms.